The van der Waals surface area contributed by atoms with Crippen molar-refractivity contribution in [2.45, 2.75) is 26.8 Å². The summed E-state index contributed by atoms with van der Waals surface area (Å²) < 4.78 is 12.8. The van der Waals surface area contributed by atoms with Crippen LogP contribution in [-0.2, 0) is 6.54 Å². The summed E-state index contributed by atoms with van der Waals surface area (Å²) in [4.78, 5) is 0. The molecule has 0 aliphatic heterocycles. The maximum absolute atomic E-state index is 4.80. The van der Waals surface area contributed by atoms with Crippen molar-refractivity contribution in [1.82, 2.24) is 8.75 Å². The molecule has 2 heterocycles. The predicted octanol–water partition coefficient (Wildman–Crippen LogP) is 4.04. The van der Waals surface area contributed by atoms with Gasteiger partial charge in [-0.3, -0.25) is 0 Å². The summed E-state index contributed by atoms with van der Waals surface area (Å²) in [5, 5.41) is 0. The van der Waals surface area contributed by atoms with Crippen LogP contribution in [0.1, 0.15) is 39.8 Å². The predicted molar refractivity (Wildman–Crippen MR) is 210 cm³/mol. The molecule has 2 aromatic heterocycles. The van der Waals surface area contributed by atoms with E-state index in [-0.39, 0.29) is 34.0 Å². The van der Waals surface area contributed by atoms with Crippen molar-refractivity contribution >= 4 is 33.9 Å². The van der Waals surface area contributed by atoms with Gasteiger partial charge in [-0.15, -0.1) is 0 Å². The summed E-state index contributed by atoms with van der Waals surface area (Å²) in [7, 11) is 6.73. The number of aromatic nitrogens is 3. The zero-order valence-electron chi connectivity index (χ0n) is 30.4. The van der Waals surface area contributed by atoms with Gasteiger partial charge in [0.2, 0.25) is 0 Å². The Kier molecular flexibility index (Phi) is 12.8. The van der Waals surface area contributed by atoms with Crippen molar-refractivity contribution in [3.63, 3.8) is 0 Å². The molecule has 0 N–H and O–H groups in total. The van der Waals surface area contributed by atoms with Crippen molar-refractivity contribution in [3.05, 3.63) is 173 Å². The van der Waals surface area contributed by atoms with Gasteiger partial charge in [0.25, 0.3) is 0 Å². The van der Waals surface area contributed by atoms with Crippen LogP contribution >= 0.6 is 11.7 Å². The van der Waals surface area contributed by atoms with Gasteiger partial charge in [0.1, 0.15) is 11.0 Å². The number of aryl methyl sites for hydroxylation is 3. The number of hydrogen-bond acceptors (Lipinski definition) is 3. The van der Waals surface area contributed by atoms with E-state index in [1.807, 2.05) is 0 Å². The van der Waals surface area contributed by atoms with E-state index in [1.165, 1.54) is 56.3 Å². The number of halogens is 2. The molecule has 7 rings (SSSR count). The minimum atomic E-state index is 0. The lowest BCUT2D eigenvalue weighted by Gasteiger charge is -2.22. The molecule has 0 saturated heterocycles. The van der Waals surface area contributed by atoms with Crippen LogP contribution in [0.2, 0.25) is 0 Å². The van der Waals surface area contributed by atoms with Gasteiger partial charge in [-0.1, -0.05) is 126 Å². The Balaban J connectivity index is 0.00000261. The highest BCUT2D eigenvalue weighted by Gasteiger charge is 2.18. The summed E-state index contributed by atoms with van der Waals surface area (Å²) >= 11 is 1.28. The third kappa shape index (κ3) is 8.84. The van der Waals surface area contributed by atoms with Gasteiger partial charge in [0, 0.05) is 23.3 Å². The van der Waals surface area contributed by atoms with Gasteiger partial charge in [-0.2, -0.15) is 8.75 Å². The molecule has 7 heteroatoms. The average Bonchev–Trinajstić information content (AvgIpc) is 3.62. The SMILES string of the molecule is Cc1ccc(/C(=C(\c2ccc(C)cc2)c2ccc(-c3ccc(-c4cc[n+](CCC[N+](C)(C)C)cc4)c4nsnc34)cc2)c2ccccc2)cc1.[Br-].[Br-]. The Morgan fingerprint density at radius 1 is 0.538 bits per heavy atom. The first-order valence-electron chi connectivity index (χ1n) is 17.3. The molecule has 0 radical (unpaired) electrons. The molecule has 0 fully saturated rings. The number of benzene rings is 5. The van der Waals surface area contributed by atoms with Gasteiger partial charge >= 0.3 is 0 Å². The highest BCUT2D eigenvalue weighted by atomic mass is 79.9. The lowest BCUT2D eigenvalue weighted by molar-refractivity contribution is -0.873. The molecule has 52 heavy (non-hydrogen) atoms. The topological polar surface area (TPSA) is 29.7 Å². The molecule has 0 aliphatic rings. The smallest absolute Gasteiger partial charge is 0.169 e. The van der Waals surface area contributed by atoms with Gasteiger partial charge in [-0.05, 0) is 58.4 Å². The van der Waals surface area contributed by atoms with Crippen LogP contribution in [0.25, 0.3) is 44.4 Å². The second-order valence-corrected chi connectivity index (χ2v) is 14.8. The van der Waals surface area contributed by atoms with E-state index in [4.69, 9.17) is 8.75 Å². The van der Waals surface area contributed by atoms with Crippen LogP contribution in [-0.4, -0.2) is 40.9 Å². The fourth-order valence-electron chi connectivity index (χ4n) is 6.62. The van der Waals surface area contributed by atoms with Crippen LogP contribution in [0.3, 0.4) is 0 Å². The van der Waals surface area contributed by atoms with Crippen LogP contribution in [0.5, 0.6) is 0 Å². The second kappa shape index (κ2) is 17.0. The number of quaternary nitrogens is 1. The third-order valence-electron chi connectivity index (χ3n) is 9.34. The molecule has 264 valence electrons. The number of fused-ring (bicyclic) bond motifs is 1. The summed E-state index contributed by atoms with van der Waals surface area (Å²) in [5.41, 5.74) is 16.1. The molecular weight excluding hydrogens is 788 g/mol. The van der Waals surface area contributed by atoms with Crippen molar-refractivity contribution in [2.75, 3.05) is 27.7 Å². The van der Waals surface area contributed by atoms with Crippen molar-refractivity contribution < 1.29 is 43.0 Å². The molecule has 0 saturated carbocycles. The maximum Gasteiger partial charge on any atom is 0.169 e. The quantitative estimate of drug-likeness (QED) is 0.119. The molecule has 0 atom stereocenters. The van der Waals surface area contributed by atoms with Crippen LogP contribution < -0.4 is 38.5 Å². The van der Waals surface area contributed by atoms with Crippen molar-refractivity contribution in [2.24, 2.45) is 0 Å². The number of pyridine rings is 1. The number of rotatable bonds is 10. The normalized spacial score (nSPS) is 11.8. The Hall–Kier alpha value is -4.27. The molecule has 0 unspecified atom stereocenters. The largest absolute Gasteiger partial charge is 1.00 e. The maximum atomic E-state index is 4.80. The number of nitrogens with zero attached hydrogens (tertiary/aromatic N) is 4. The highest BCUT2D eigenvalue weighted by Crippen LogP contribution is 2.39. The molecule has 7 aromatic rings. The van der Waals surface area contributed by atoms with Crippen LogP contribution in [0, 0.1) is 13.8 Å². The Labute approximate surface area is 333 Å². The van der Waals surface area contributed by atoms with E-state index in [0.29, 0.717) is 0 Å². The van der Waals surface area contributed by atoms with Gasteiger partial charge in [0.15, 0.2) is 18.9 Å². The highest BCUT2D eigenvalue weighted by molar-refractivity contribution is 7.00. The van der Waals surface area contributed by atoms with Crippen LogP contribution in [0.4, 0.5) is 0 Å². The van der Waals surface area contributed by atoms with E-state index in [9.17, 15) is 0 Å². The van der Waals surface area contributed by atoms with Gasteiger partial charge in [0.05, 0.1) is 45.8 Å². The second-order valence-electron chi connectivity index (χ2n) is 14.2. The Bertz CT molecular complexity index is 2250. The third-order valence-corrected chi connectivity index (χ3v) is 9.87. The Morgan fingerprint density at radius 2 is 0.962 bits per heavy atom. The Morgan fingerprint density at radius 3 is 1.42 bits per heavy atom. The zero-order valence-corrected chi connectivity index (χ0v) is 34.3. The molecule has 0 amide bonds. The van der Waals surface area contributed by atoms with E-state index in [1.54, 1.807) is 0 Å². The first-order valence-corrected chi connectivity index (χ1v) is 18.1. The molecule has 4 nitrogen and oxygen atoms in total. The van der Waals surface area contributed by atoms with Gasteiger partial charge < -0.3 is 38.4 Å². The minimum Gasteiger partial charge on any atom is -1.00 e. The summed E-state index contributed by atoms with van der Waals surface area (Å²) in [6, 6.07) is 46.3. The van der Waals surface area contributed by atoms with E-state index in [0.717, 1.165) is 57.3 Å². The van der Waals surface area contributed by atoms with E-state index >= 15 is 0 Å². The van der Waals surface area contributed by atoms with Gasteiger partial charge in [-0.25, -0.2) is 4.57 Å². The lowest BCUT2D eigenvalue weighted by Crippen LogP contribution is -3.00. The van der Waals surface area contributed by atoms with Crippen LogP contribution in [0.15, 0.2) is 140 Å². The standard InChI is InChI=1S/C45H44N4S.2BrH/c1-32-12-16-37(17-13-32)42(36-10-7-6-8-11-36)43(38-18-14-33(2)15-19-38)39-22-20-34(21-23-39)40-24-25-41(45-44(40)46-50-47-45)35-26-29-48(30-27-35)28-9-31-49(3,4)5;;/h6-8,10-27,29-30H,9,28,31H2,1-5H3;2*1H/q+2;;/p-2/b43-42+;;. The zero-order chi connectivity index (χ0) is 34.7. The van der Waals surface area contributed by atoms with E-state index < -0.39 is 0 Å². The fraction of sp³-hybridized carbons (Fsp3) is 0.178. The summed E-state index contributed by atoms with van der Waals surface area (Å²) in [6.45, 7) is 6.44. The summed E-state index contributed by atoms with van der Waals surface area (Å²) in [6.07, 6.45) is 5.51. The average molecular weight is 833 g/mol. The van der Waals surface area contributed by atoms with E-state index in [2.05, 4.69) is 179 Å². The number of hydrogen-bond donors (Lipinski definition) is 0. The first-order chi connectivity index (χ1) is 24.2. The molecule has 0 bridgehead atoms. The monoisotopic (exact) mass is 830 g/mol. The first kappa shape index (κ1) is 38.9. The van der Waals surface area contributed by atoms with Crippen molar-refractivity contribution in [3.8, 4) is 22.3 Å². The molecule has 0 spiro atoms. The molecule has 0 aliphatic carbocycles. The minimum absolute atomic E-state index is 0. The molecule has 5 aromatic carbocycles. The van der Waals surface area contributed by atoms with Crippen molar-refractivity contribution in [1.29, 1.82) is 0 Å². The lowest BCUT2D eigenvalue weighted by atomic mass is 9.85. The molecular formula is C45H44Br2N4S. The summed E-state index contributed by atoms with van der Waals surface area (Å²) in [5.74, 6) is 0. The fourth-order valence-corrected chi connectivity index (χ4v) is 7.19.